The van der Waals surface area contributed by atoms with Gasteiger partial charge in [-0.15, -0.1) is 0 Å². The van der Waals surface area contributed by atoms with Crippen molar-refractivity contribution >= 4 is 10.2 Å². The van der Waals surface area contributed by atoms with Crippen LogP contribution >= 0.6 is 0 Å². The van der Waals surface area contributed by atoms with Crippen molar-refractivity contribution in [1.82, 2.24) is 9.03 Å². The molecule has 3 N–H and O–H groups in total. The van der Waals surface area contributed by atoms with E-state index in [1.807, 2.05) is 0 Å². The van der Waals surface area contributed by atoms with Gasteiger partial charge in [0.25, 0.3) is 10.2 Å². The van der Waals surface area contributed by atoms with E-state index in [-0.39, 0.29) is 0 Å². The van der Waals surface area contributed by atoms with E-state index in [2.05, 4.69) is 11.6 Å². The average Bonchev–Trinajstić information content (AvgIpc) is 2.47. The highest BCUT2D eigenvalue weighted by atomic mass is 32.2. The molecule has 0 amide bonds. The summed E-state index contributed by atoms with van der Waals surface area (Å²) in [6, 6.07) is 0. The third kappa shape index (κ3) is 4.41. The predicted molar refractivity (Wildman–Crippen MR) is 81.4 cm³/mol. The zero-order valence-electron chi connectivity index (χ0n) is 12.6. The van der Waals surface area contributed by atoms with Crippen LogP contribution < -0.4 is 10.5 Å². The molecule has 1 saturated carbocycles. The lowest BCUT2D eigenvalue weighted by molar-refractivity contribution is 0.268. The van der Waals surface area contributed by atoms with Gasteiger partial charge in [-0.2, -0.15) is 12.7 Å². The summed E-state index contributed by atoms with van der Waals surface area (Å²) in [5.74, 6) is 1.81. The van der Waals surface area contributed by atoms with Crippen molar-refractivity contribution in [1.29, 1.82) is 0 Å². The smallest absolute Gasteiger partial charge is 0.279 e. The van der Waals surface area contributed by atoms with Crippen LogP contribution in [0, 0.1) is 17.8 Å². The largest absolute Gasteiger partial charge is 0.330 e. The quantitative estimate of drug-likeness (QED) is 0.804. The second-order valence-electron chi connectivity index (χ2n) is 6.56. The van der Waals surface area contributed by atoms with Crippen LogP contribution in [0.15, 0.2) is 0 Å². The van der Waals surface area contributed by atoms with Gasteiger partial charge in [-0.3, -0.25) is 0 Å². The fraction of sp³-hybridized carbons (Fsp3) is 1.00. The molecule has 1 aliphatic carbocycles. The highest BCUT2D eigenvalue weighted by Crippen LogP contribution is 2.28. The van der Waals surface area contributed by atoms with Gasteiger partial charge >= 0.3 is 0 Å². The molecule has 1 saturated heterocycles. The van der Waals surface area contributed by atoms with Crippen LogP contribution in [-0.4, -0.2) is 38.9 Å². The summed E-state index contributed by atoms with van der Waals surface area (Å²) in [5.41, 5.74) is 5.64. The maximum atomic E-state index is 12.3. The lowest BCUT2D eigenvalue weighted by Crippen LogP contribution is -2.47. The number of rotatable bonds is 5. The molecule has 5 nitrogen and oxygen atoms in total. The lowest BCUT2D eigenvalue weighted by atomic mass is 9.83. The second kappa shape index (κ2) is 7.20. The van der Waals surface area contributed by atoms with Gasteiger partial charge in [0.1, 0.15) is 0 Å². The molecule has 6 heteroatoms. The first-order valence-corrected chi connectivity index (χ1v) is 9.40. The molecule has 0 unspecified atom stereocenters. The van der Waals surface area contributed by atoms with Gasteiger partial charge in [-0.25, -0.2) is 4.72 Å². The van der Waals surface area contributed by atoms with E-state index >= 15 is 0 Å². The fourth-order valence-corrected chi connectivity index (χ4v) is 4.55. The van der Waals surface area contributed by atoms with Crippen LogP contribution in [0.5, 0.6) is 0 Å². The van der Waals surface area contributed by atoms with E-state index in [0.717, 1.165) is 31.6 Å². The van der Waals surface area contributed by atoms with Crippen molar-refractivity contribution in [2.75, 3.05) is 26.2 Å². The molecule has 0 spiro atoms. The Morgan fingerprint density at radius 3 is 2.20 bits per heavy atom. The Labute approximate surface area is 123 Å². The molecule has 1 heterocycles. The predicted octanol–water partition coefficient (Wildman–Crippen LogP) is 1.32. The second-order valence-corrected chi connectivity index (χ2v) is 8.31. The molecule has 0 aromatic rings. The third-order valence-electron chi connectivity index (χ3n) is 4.94. The SMILES string of the molecule is CC1CCC(CNS(=O)(=O)N2CCC(CN)CC2)CC1. The highest BCUT2D eigenvalue weighted by Gasteiger charge is 2.28. The molecule has 20 heavy (non-hydrogen) atoms. The fourth-order valence-electron chi connectivity index (χ4n) is 3.23. The Hall–Kier alpha value is -0.170. The van der Waals surface area contributed by atoms with Crippen molar-refractivity contribution < 1.29 is 8.42 Å². The molecule has 0 aromatic carbocycles. The third-order valence-corrected chi connectivity index (χ3v) is 6.51. The van der Waals surface area contributed by atoms with Crippen molar-refractivity contribution in [3.63, 3.8) is 0 Å². The Morgan fingerprint density at radius 2 is 1.65 bits per heavy atom. The Balaban J connectivity index is 1.76. The zero-order valence-corrected chi connectivity index (χ0v) is 13.4. The average molecular weight is 303 g/mol. The van der Waals surface area contributed by atoms with Gasteiger partial charge in [0.15, 0.2) is 0 Å². The summed E-state index contributed by atoms with van der Waals surface area (Å²) >= 11 is 0. The minimum atomic E-state index is -3.29. The van der Waals surface area contributed by atoms with Gasteiger partial charge in [0.05, 0.1) is 0 Å². The van der Waals surface area contributed by atoms with E-state index in [1.54, 1.807) is 4.31 Å². The molecule has 2 aliphatic rings. The van der Waals surface area contributed by atoms with Crippen molar-refractivity contribution in [3.05, 3.63) is 0 Å². The first-order valence-electron chi connectivity index (χ1n) is 7.96. The maximum Gasteiger partial charge on any atom is 0.279 e. The molecular weight excluding hydrogens is 274 g/mol. The van der Waals surface area contributed by atoms with Gasteiger partial charge < -0.3 is 5.73 Å². The van der Waals surface area contributed by atoms with Crippen molar-refractivity contribution in [2.24, 2.45) is 23.5 Å². The minimum absolute atomic E-state index is 0.487. The number of hydrogen-bond acceptors (Lipinski definition) is 3. The van der Waals surface area contributed by atoms with Gasteiger partial charge in [-0.05, 0) is 50.0 Å². The van der Waals surface area contributed by atoms with E-state index in [1.165, 1.54) is 12.8 Å². The number of nitrogens with zero attached hydrogens (tertiary/aromatic N) is 1. The van der Waals surface area contributed by atoms with Crippen molar-refractivity contribution in [3.8, 4) is 0 Å². The van der Waals surface area contributed by atoms with Gasteiger partial charge in [-0.1, -0.05) is 19.8 Å². The van der Waals surface area contributed by atoms with E-state index in [0.29, 0.717) is 38.0 Å². The van der Waals surface area contributed by atoms with Crippen LogP contribution in [0.4, 0.5) is 0 Å². The molecule has 118 valence electrons. The molecule has 0 aromatic heterocycles. The first-order chi connectivity index (χ1) is 9.51. The van der Waals surface area contributed by atoms with Crippen LogP contribution in [0.3, 0.4) is 0 Å². The van der Waals surface area contributed by atoms with Gasteiger partial charge in [0.2, 0.25) is 0 Å². The van der Waals surface area contributed by atoms with E-state index < -0.39 is 10.2 Å². The van der Waals surface area contributed by atoms with Crippen LogP contribution in [0.1, 0.15) is 45.4 Å². The zero-order chi connectivity index (χ0) is 14.6. The van der Waals surface area contributed by atoms with Crippen LogP contribution in [0.25, 0.3) is 0 Å². The molecule has 2 fully saturated rings. The first kappa shape index (κ1) is 16.2. The summed E-state index contributed by atoms with van der Waals surface area (Å²) in [7, 11) is -3.29. The summed E-state index contributed by atoms with van der Waals surface area (Å²) in [4.78, 5) is 0. The number of nitrogens with one attached hydrogen (secondary N) is 1. The van der Waals surface area contributed by atoms with Crippen molar-refractivity contribution in [2.45, 2.75) is 45.4 Å². The van der Waals surface area contributed by atoms with Gasteiger partial charge in [0, 0.05) is 19.6 Å². The summed E-state index contributed by atoms with van der Waals surface area (Å²) in [6.07, 6.45) is 6.54. The minimum Gasteiger partial charge on any atom is -0.330 e. The van der Waals surface area contributed by atoms with E-state index in [9.17, 15) is 8.42 Å². The molecule has 0 radical (unpaired) electrons. The summed E-state index contributed by atoms with van der Waals surface area (Å²) in [6.45, 7) is 4.77. The molecule has 0 bridgehead atoms. The summed E-state index contributed by atoms with van der Waals surface area (Å²) < 4.78 is 28.9. The number of piperidine rings is 1. The standard InChI is InChI=1S/C14H29N3O2S/c1-12-2-4-14(5-3-12)11-16-20(18,19)17-8-6-13(10-15)7-9-17/h12-14,16H,2-11,15H2,1H3. The number of hydrogen-bond donors (Lipinski definition) is 2. The highest BCUT2D eigenvalue weighted by molar-refractivity contribution is 7.87. The van der Waals surface area contributed by atoms with Crippen LogP contribution in [-0.2, 0) is 10.2 Å². The lowest BCUT2D eigenvalue weighted by Gasteiger charge is -2.32. The Bertz CT molecular complexity index is 383. The molecule has 1 aliphatic heterocycles. The normalized spacial score (nSPS) is 30.5. The Kier molecular flexibility index (Phi) is 5.84. The maximum absolute atomic E-state index is 12.3. The summed E-state index contributed by atoms with van der Waals surface area (Å²) in [5, 5.41) is 0. The molecule has 2 rings (SSSR count). The molecule has 0 atom stereocenters. The molecular formula is C14H29N3O2S. The monoisotopic (exact) mass is 303 g/mol. The Morgan fingerprint density at radius 1 is 1.05 bits per heavy atom. The van der Waals surface area contributed by atoms with Crippen LogP contribution in [0.2, 0.25) is 0 Å². The number of nitrogens with two attached hydrogens (primary N) is 1. The topological polar surface area (TPSA) is 75.4 Å². The van der Waals surface area contributed by atoms with E-state index in [4.69, 9.17) is 5.73 Å².